The summed E-state index contributed by atoms with van der Waals surface area (Å²) in [5.74, 6) is -2.14. The highest BCUT2D eigenvalue weighted by molar-refractivity contribution is 6.33. The van der Waals surface area contributed by atoms with E-state index >= 15 is 0 Å². The third kappa shape index (κ3) is 2.91. The molecule has 104 valence electrons. The van der Waals surface area contributed by atoms with Gasteiger partial charge in [0.05, 0.1) is 16.6 Å². The zero-order valence-electron chi connectivity index (χ0n) is 10.7. The first-order valence-electron chi connectivity index (χ1n) is 6.03. The lowest BCUT2D eigenvalue weighted by molar-refractivity contribution is -0.138. The van der Waals surface area contributed by atoms with Crippen LogP contribution in [0.4, 0.5) is 15.8 Å². The van der Waals surface area contributed by atoms with Crippen molar-refractivity contribution in [2.45, 2.75) is 12.8 Å². The predicted octanol–water partition coefficient (Wildman–Crippen LogP) is 4.41. The van der Waals surface area contributed by atoms with Gasteiger partial charge in [0, 0.05) is 5.69 Å². The quantitative estimate of drug-likeness (QED) is 0.878. The molecule has 5 heteroatoms. The van der Waals surface area contributed by atoms with Crippen LogP contribution in [0.2, 0.25) is 5.02 Å². The zero-order chi connectivity index (χ0) is 14.7. The molecule has 2 aromatic rings. The van der Waals surface area contributed by atoms with Gasteiger partial charge in [-0.3, -0.25) is 4.79 Å². The Morgan fingerprint density at radius 3 is 2.60 bits per heavy atom. The molecule has 0 aliphatic rings. The van der Waals surface area contributed by atoms with Gasteiger partial charge >= 0.3 is 5.97 Å². The number of hydrogen-bond donors (Lipinski definition) is 2. The van der Waals surface area contributed by atoms with E-state index in [1.54, 1.807) is 37.3 Å². The predicted molar refractivity (Wildman–Crippen MR) is 77.2 cm³/mol. The Balaban J connectivity index is 2.42. The van der Waals surface area contributed by atoms with Crippen LogP contribution in [0.25, 0.3) is 0 Å². The summed E-state index contributed by atoms with van der Waals surface area (Å²) in [6.07, 6.45) is 0. The van der Waals surface area contributed by atoms with Crippen LogP contribution in [0.1, 0.15) is 18.4 Å². The Hall–Kier alpha value is -2.07. The van der Waals surface area contributed by atoms with Crippen LogP contribution in [0.15, 0.2) is 42.5 Å². The van der Waals surface area contributed by atoms with Gasteiger partial charge in [0.1, 0.15) is 5.82 Å². The Bertz CT molecular complexity index is 625. The topological polar surface area (TPSA) is 49.3 Å². The van der Waals surface area contributed by atoms with Crippen molar-refractivity contribution in [1.82, 2.24) is 0 Å². The molecule has 0 fully saturated rings. The van der Waals surface area contributed by atoms with Crippen LogP contribution >= 0.6 is 11.6 Å². The maximum atomic E-state index is 13.8. The second kappa shape index (κ2) is 5.92. The molecule has 1 atom stereocenters. The van der Waals surface area contributed by atoms with E-state index in [-0.39, 0.29) is 10.7 Å². The molecule has 2 N–H and O–H groups in total. The molecule has 0 aliphatic heterocycles. The van der Waals surface area contributed by atoms with Gasteiger partial charge in [0.15, 0.2) is 0 Å². The van der Waals surface area contributed by atoms with Crippen LogP contribution in [-0.2, 0) is 4.79 Å². The van der Waals surface area contributed by atoms with Gasteiger partial charge in [-0.05, 0) is 30.7 Å². The molecule has 0 spiro atoms. The number of hydrogen-bond acceptors (Lipinski definition) is 2. The summed E-state index contributed by atoms with van der Waals surface area (Å²) < 4.78 is 13.8. The lowest BCUT2D eigenvalue weighted by atomic mass is 9.99. The first-order chi connectivity index (χ1) is 9.50. The number of aliphatic carboxylic acids is 1. The number of halogens is 2. The van der Waals surface area contributed by atoms with Crippen molar-refractivity contribution < 1.29 is 14.3 Å². The van der Waals surface area contributed by atoms with Gasteiger partial charge < -0.3 is 10.4 Å². The van der Waals surface area contributed by atoms with Gasteiger partial charge in [-0.15, -0.1) is 0 Å². The van der Waals surface area contributed by atoms with Crippen molar-refractivity contribution in [3.8, 4) is 0 Å². The summed E-state index contributed by atoms with van der Waals surface area (Å²) in [7, 11) is 0. The van der Waals surface area contributed by atoms with E-state index in [9.17, 15) is 9.18 Å². The molecule has 3 nitrogen and oxygen atoms in total. The third-order valence-electron chi connectivity index (χ3n) is 3.02. The van der Waals surface area contributed by atoms with E-state index in [1.165, 1.54) is 12.1 Å². The Labute approximate surface area is 121 Å². The average Bonchev–Trinajstić information content (AvgIpc) is 2.42. The molecule has 2 rings (SSSR count). The fraction of sp³-hybridized carbons (Fsp3) is 0.133. The minimum absolute atomic E-state index is 0.138. The SMILES string of the molecule is CC(C(=O)O)c1ccccc1Nc1c(F)cccc1Cl. The molecular weight excluding hydrogens is 281 g/mol. The summed E-state index contributed by atoms with van der Waals surface area (Å²) in [4.78, 5) is 11.1. The maximum Gasteiger partial charge on any atom is 0.310 e. The molecule has 1 unspecified atom stereocenters. The highest BCUT2D eigenvalue weighted by Crippen LogP contribution is 2.32. The smallest absolute Gasteiger partial charge is 0.310 e. The number of rotatable bonds is 4. The van der Waals surface area contributed by atoms with Crippen molar-refractivity contribution in [2.75, 3.05) is 5.32 Å². The summed E-state index contributed by atoms with van der Waals surface area (Å²) in [5.41, 5.74) is 1.23. The fourth-order valence-electron chi connectivity index (χ4n) is 1.87. The number of carboxylic acids is 1. The van der Waals surface area contributed by atoms with Crippen LogP contribution in [-0.4, -0.2) is 11.1 Å². The number of nitrogens with one attached hydrogen (secondary N) is 1. The summed E-state index contributed by atoms with van der Waals surface area (Å²) in [6, 6.07) is 11.2. The number of benzene rings is 2. The van der Waals surface area contributed by atoms with Crippen LogP contribution in [0.5, 0.6) is 0 Å². The monoisotopic (exact) mass is 293 g/mol. The first kappa shape index (κ1) is 14.3. The molecular formula is C15H13ClFNO2. The van der Waals surface area contributed by atoms with Gasteiger partial charge in [-0.25, -0.2) is 4.39 Å². The molecule has 0 saturated carbocycles. The third-order valence-corrected chi connectivity index (χ3v) is 3.34. The summed E-state index contributed by atoms with van der Waals surface area (Å²) >= 11 is 5.96. The number of para-hydroxylation sites is 2. The summed E-state index contributed by atoms with van der Waals surface area (Å²) in [5, 5.41) is 12.2. The van der Waals surface area contributed by atoms with Crippen LogP contribution in [0.3, 0.4) is 0 Å². The van der Waals surface area contributed by atoms with Gasteiger partial charge in [-0.1, -0.05) is 35.9 Å². The molecule has 20 heavy (non-hydrogen) atoms. The lowest BCUT2D eigenvalue weighted by Gasteiger charge is -2.16. The van der Waals surface area contributed by atoms with E-state index in [2.05, 4.69) is 5.32 Å². The second-order valence-electron chi connectivity index (χ2n) is 4.37. The molecule has 0 aliphatic carbocycles. The first-order valence-corrected chi connectivity index (χ1v) is 6.41. The maximum absolute atomic E-state index is 13.8. The van der Waals surface area contributed by atoms with Crippen molar-refractivity contribution in [1.29, 1.82) is 0 Å². The minimum atomic E-state index is -0.945. The van der Waals surface area contributed by atoms with Crippen molar-refractivity contribution in [3.63, 3.8) is 0 Å². The minimum Gasteiger partial charge on any atom is -0.481 e. The molecule has 0 bridgehead atoms. The van der Waals surface area contributed by atoms with E-state index in [1.807, 2.05) is 0 Å². The molecule has 0 heterocycles. The summed E-state index contributed by atoms with van der Waals surface area (Å²) in [6.45, 7) is 1.58. The molecule has 0 saturated heterocycles. The van der Waals surface area contributed by atoms with E-state index < -0.39 is 17.7 Å². The highest BCUT2D eigenvalue weighted by Gasteiger charge is 2.18. The highest BCUT2D eigenvalue weighted by atomic mass is 35.5. The second-order valence-corrected chi connectivity index (χ2v) is 4.78. The van der Waals surface area contributed by atoms with Gasteiger partial charge in [0.2, 0.25) is 0 Å². The Morgan fingerprint density at radius 2 is 1.95 bits per heavy atom. The zero-order valence-corrected chi connectivity index (χ0v) is 11.5. The van der Waals surface area contributed by atoms with Crippen LogP contribution < -0.4 is 5.32 Å². The average molecular weight is 294 g/mol. The molecule has 2 aromatic carbocycles. The number of carboxylic acid groups (broad SMARTS) is 1. The van der Waals surface area contributed by atoms with E-state index in [4.69, 9.17) is 16.7 Å². The van der Waals surface area contributed by atoms with E-state index in [0.717, 1.165) is 0 Å². The van der Waals surface area contributed by atoms with Crippen molar-refractivity contribution >= 4 is 28.9 Å². The lowest BCUT2D eigenvalue weighted by Crippen LogP contribution is -2.10. The fourth-order valence-corrected chi connectivity index (χ4v) is 2.08. The Kier molecular flexibility index (Phi) is 4.25. The standard InChI is InChI=1S/C15H13ClFNO2/c1-9(15(19)20)10-5-2-3-8-13(10)18-14-11(16)6-4-7-12(14)17/h2-9,18H,1H3,(H,19,20). The van der Waals surface area contributed by atoms with Crippen molar-refractivity contribution in [3.05, 3.63) is 58.9 Å². The number of anilines is 2. The molecule has 0 radical (unpaired) electrons. The normalized spacial score (nSPS) is 11.9. The van der Waals surface area contributed by atoms with Gasteiger partial charge in [0.25, 0.3) is 0 Å². The van der Waals surface area contributed by atoms with Crippen LogP contribution in [0, 0.1) is 5.82 Å². The van der Waals surface area contributed by atoms with Gasteiger partial charge in [-0.2, -0.15) is 0 Å². The number of carbonyl (C=O) groups is 1. The molecule has 0 amide bonds. The largest absolute Gasteiger partial charge is 0.481 e. The Morgan fingerprint density at radius 1 is 1.25 bits per heavy atom. The van der Waals surface area contributed by atoms with E-state index in [0.29, 0.717) is 11.3 Å². The molecule has 0 aromatic heterocycles. The van der Waals surface area contributed by atoms with Crippen molar-refractivity contribution in [2.24, 2.45) is 0 Å².